The number of ether oxygens (including phenoxy) is 2. The number of nitrogens with two attached hydrogens (primary N) is 1. The highest BCUT2D eigenvalue weighted by Gasteiger charge is 2.29. The number of aromatic nitrogens is 2. The highest BCUT2D eigenvalue weighted by molar-refractivity contribution is 6.33. The van der Waals surface area contributed by atoms with Crippen molar-refractivity contribution in [2.45, 2.75) is 64.6 Å². The molecule has 2 aromatic carbocycles. The number of rotatable bonds is 7. The molecule has 9 nitrogen and oxygen atoms in total. The highest BCUT2D eigenvalue weighted by atomic mass is 35.5. The first-order chi connectivity index (χ1) is 20.0. The summed E-state index contributed by atoms with van der Waals surface area (Å²) in [6, 6.07) is 15.5. The Hall–Kier alpha value is -4.24. The maximum Gasteiger partial charge on any atom is 0.407 e. The van der Waals surface area contributed by atoms with E-state index in [4.69, 9.17) is 26.8 Å². The molecule has 0 radical (unpaired) electrons. The lowest BCUT2D eigenvalue weighted by Crippen LogP contribution is -2.38. The third-order valence-electron chi connectivity index (χ3n) is 7.25. The molecule has 1 fully saturated rings. The number of anilines is 1. The van der Waals surface area contributed by atoms with Gasteiger partial charge in [-0.05, 0) is 88.4 Å². The fraction of sp³-hybridized carbons (Fsp3) is 0.344. The van der Waals surface area contributed by atoms with Crippen molar-refractivity contribution in [3.63, 3.8) is 0 Å². The van der Waals surface area contributed by atoms with Gasteiger partial charge in [0.25, 0.3) is 0 Å². The van der Waals surface area contributed by atoms with Crippen LogP contribution in [0.15, 0.2) is 65.9 Å². The lowest BCUT2D eigenvalue weighted by molar-refractivity contribution is 0.0505. The minimum atomic E-state index is -0.550. The van der Waals surface area contributed by atoms with Crippen molar-refractivity contribution in [3.05, 3.63) is 77.1 Å². The standard InChI is InChI=1S/C32H37ClN6O3/c1-19-14-23(41-5)12-13-24(19)20-15-28-29(36-21-10-11-22(16-21)37-31(40)42-32(2,3)4)25(17-35-39(28)18-20)30(34)38-27-9-7-6-8-26(27)33/h6-9,12-15,17-18,21-22,36H,10-11,16H2,1-5H3,(H2,34,38)(H,37,40)/t21-,22+/m1/s1. The third kappa shape index (κ3) is 6.62. The number of carbonyl (C=O) groups excluding carboxylic acids is 1. The van der Waals surface area contributed by atoms with Crippen LogP contribution < -0.4 is 21.1 Å². The number of fused-ring (bicyclic) bond motifs is 1. The first kappa shape index (κ1) is 29.3. The normalized spacial score (nSPS) is 17.3. The number of methoxy groups -OCH3 is 1. The topological polar surface area (TPSA) is 115 Å². The molecule has 2 heterocycles. The zero-order valence-corrected chi connectivity index (χ0v) is 25.3. The van der Waals surface area contributed by atoms with E-state index in [9.17, 15) is 4.79 Å². The van der Waals surface area contributed by atoms with E-state index in [-0.39, 0.29) is 12.1 Å². The van der Waals surface area contributed by atoms with E-state index >= 15 is 0 Å². The highest BCUT2D eigenvalue weighted by Crippen LogP contribution is 2.34. The third-order valence-corrected chi connectivity index (χ3v) is 7.57. The number of nitrogens with one attached hydrogen (secondary N) is 2. The summed E-state index contributed by atoms with van der Waals surface area (Å²) in [5.41, 5.74) is 12.2. The number of carbonyl (C=O) groups is 1. The van der Waals surface area contributed by atoms with Gasteiger partial charge in [-0.3, -0.25) is 0 Å². The Morgan fingerprint density at radius 2 is 1.90 bits per heavy atom. The number of amides is 1. The molecule has 42 heavy (non-hydrogen) atoms. The molecule has 10 heteroatoms. The van der Waals surface area contributed by atoms with Gasteiger partial charge < -0.3 is 25.8 Å². The Balaban J connectivity index is 1.50. The fourth-order valence-electron chi connectivity index (χ4n) is 5.29. The molecule has 2 atom stereocenters. The van der Waals surface area contributed by atoms with Crippen LogP contribution in [0.25, 0.3) is 16.6 Å². The van der Waals surface area contributed by atoms with Crippen molar-refractivity contribution < 1.29 is 14.3 Å². The number of nitrogens with zero attached hydrogens (tertiary/aromatic N) is 3. The van der Waals surface area contributed by atoms with E-state index in [1.54, 1.807) is 19.4 Å². The zero-order valence-electron chi connectivity index (χ0n) is 24.6. The van der Waals surface area contributed by atoms with E-state index in [1.165, 1.54) is 0 Å². The van der Waals surface area contributed by atoms with Crippen LogP contribution in [0.1, 0.15) is 51.2 Å². The molecule has 4 N–H and O–H groups in total. The Kier molecular flexibility index (Phi) is 8.31. The molecule has 1 saturated carbocycles. The van der Waals surface area contributed by atoms with E-state index in [1.807, 2.05) is 67.9 Å². The van der Waals surface area contributed by atoms with Gasteiger partial charge in [0.2, 0.25) is 0 Å². The smallest absolute Gasteiger partial charge is 0.407 e. The second-order valence-electron chi connectivity index (χ2n) is 11.6. The Labute approximate surface area is 251 Å². The maximum atomic E-state index is 12.4. The first-order valence-electron chi connectivity index (χ1n) is 14.0. The van der Waals surface area contributed by atoms with E-state index in [0.717, 1.165) is 52.9 Å². The summed E-state index contributed by atoms with van der Waals surface area (Å²) in [5.74, 6) is 1.10. The predicted molar refractivity (Wildman–Crippen MR) is 168 cm³/mol. The summed E-state index contributed by atoms with van der Waals surface area (Å²) >= 11 is 6.38. The van der Waals surface area contributed by atoms with Crippen molar-refractivity contribution in [2.75, 3.05) is 12.4 Å². The molecule has 220 valence electrons. The quantitative estimate of drug-likeness (QED) is 0.160. The van der Waals surface area contributed by atoms with Crippen LogP contribution in [-0.2, 0) is 4.74 Å². The Bertz CT molecular complexity index is 1640. The molecular weight excluding hydrogens is 552 g/mol. The number of hydrogen-bond donors (Lipinski definition) is 3. The molecule has 1 amide bonds. The molecular formula is C32H37ClN6O3. The summed E-state index contributed by atoms with van der Waals surface area (Å²) in [5, 5.41) is 11.9. The van der Waals surface area contributed by atoms with Gasteiger partial charge >= 0.3 is 6.09 Å². The summed E-state index contributed by atoms with van der Waals surface area (Å²) in [7, 11) is 1.66. The van der Waals surface area contributed by atoms with Crippen LogP contribution in [0.4, 0.5) is 16.2 Å². The van der Waals surface area contributed by atoms with Crippen LogP contribution in [-0.4, -0.2) is 46.3 Å². The Morgan fingerprint density at radius 1 is 1.14 bits per heavy atom. The van der Waals surface area contributed by atoms with Crippen LogP contribution in [0.2, 0.25) is 5.02 Å². The minimum absolute atomic E-state index is 0.00269. The van der Waals surface area contributed by atoms with Crippen LogP contribution in [0.5, 0.6) is 5.75 Å². The summed E-state index contributed by atoms with van der Waals surface area (Å²) in [6.45, 7) is 7.63. The molecule has 1 aliphatic carbocycles. The molecule has 2 aromatic heterocycles. The molecule has 5 rings (SSSR count). The van der Waals surface area contributed by atoms with Crippen molar-refractivity contribution in [1.82, 2.24) is 14.9 Å². The van der Waals surface area contributed by atoms with Crippen molar-refractivity contribution >= 4 is 40.4 Å². The number of amidine groups is 1. The van der Waals surface area contributed by atoms with Gasteiger partial charge in [-0.1, -0.05) is 29.8 Å². The molecule has 0 unspecified atom stereocenters. The molecule has 0 bridgehead atoms. The van der Waals surface area contributed by atoms with Crippen molar-refractivity contribution in [1.29, 1.82) is 0 Å². The molecule has 0 saturated heterocycles. The van der Waals surface area contributed by atoms with Gasteiger partial charge in [-0.15, -0.1) is 0 Å². The van der Waals surface area contributed by atoms with Gasteiger partial charge in [-0.2, -0.15) is 5.10 Å². The van der Waals surface area contributed by atoms with Crippen LogP contribution in [0, 0.1) is 6.92 Å². The summed E-state index contributed by atoms with van der Waals surface area (Å²) in [4.78, 5) is 17.0. The van der Waals surface area contributed by atoms with Crippen LogP contribution in [0.3, 0.4) is 0 Å². The number of benzene rings is 2. The second-order valence-corrected chi connectivity index (χ2v) is 12.0. The van der Waals surface area contributed by atoms with E-state index in [0.29, 0.717) is 22.1 Å². The van der Waals surface area contributed by atoms with Crippen molar-refractivity contribution in [2.24, 2.45) is 10.7 Å². The summed E-state index contributed by atoms with van der Waals surface area (Å²) in [6.07, 6.45) is 5.75. The number of alkyl carbamates (subject to hydrolysis) is 1. The second kappa shape index (κ2) is 11.9. The minimum Gasteiger partial charge on any atom is -0.497 e. The largest absolute Gasteiger partial charge is 0.497 e. The number of para-hydroxylation sites is 1. The SMILES string of the molecule is COc1ccc(-c2cc3c(N[C@@H]4CC[C@H](NC(=O)OC(C)(C)C)C4)c(/C(N)=N/c4ccccc4Cl)cnn3c2)c(C)c1. The average molecular weight is 589 g/mol. The lowest BCUT2D eigenvalue weighted by Gasteiger charge is -2.22. The zero-order chi connectivity index (χ0) is 30.0. The lowest BCUT2D eigenvalue weighted by atomic mass is 10.0. The van der Waals surface area contributed by atoms with Gasteiger partial charge in [0.1, 0.15) is 17.2 Å². The number of aryl methyl sites for hydroxylation is 1. The average Bonchev–Trinajstić information content (AvgIpc) is 3.55. The number of hydrogen-bond acceptors (Lipinski definition) is 6. The molecule has 0 spiro atoms. The van der Waals surface area contributed by atoms with Crippen molar-refractivity contribution in [3.8, 4) is 16.9 Å². The van der Waals surface area contributed by atoms with Gasteiger partial charge in [0, 0.05) is 23.8 Å². The first-order valence-corrected chi connectivity index (χ1v) is 14.4. The van der Waals surface area contributed by atoms with Gasteiger partial charge in [0.15, 0.2) is 0 Å². The molecule has 1 aliphatic rings. The van der Waals surface area contributed by atoms with Crippen LogP contribution >= 0.6 is 11.6 Å². The van der Waals surface area contributed by atoms with E-state index in [2.05, 4.69) is 33.7 Å². The fourth-order valence-corrected chi connectivity index (χ4v) is 5.47. The molecule has 0 aliphatic heterocycles. The Morgan fingerprint density at radius 3 is 2.62 bits per heavy atom. The summed E-state index contributed by atoms with van der Waals surface area (Å²) < 4.78 is 12.7. The van der Waals surface area contributed by atoms with Gasteiger partial charge in [-0.25, -0.2) is 14.3 Å². The predicted octanol–water partition coefficient (Wildman–Crippen LogP) is 6.87. The van der Waals surface area contributed by atoms with Gasteiger partial charge in [0.05, 0.1) is 40.8 Å². The maximum absolute atomic E-state index is 12.4. The monoisotopic (exact) mass is 588 g/mol. The number of aliphatic imine (C=N–C) groups is 1. The molecule has 4 aromatic rings. The number of halogens is 1. The van der Waals surface area contributed by atoms with E-state index < -0.39 is 11.7 Å².